The summed E-state index contributed by atoms with van der Waals surface area (Å²) in [5.41, 5.74) is -3.33. The van der Waals surface area contributed by atoms with Crippen molar-refractivity contribution in [1.29, 1.82) is 0 Å². The van der Waals surface area contributed by atoms with Crippen LogP contribution >= 0.6 is 34.8 Å². The molecular formula is C29H22Cl3F6N3O4. The van der Waals surface area contributed by atoms with Gasteiger partial charge in [-0.1, -0.05) is 17.7 Å². The van der Waals surface area contributed by atoms with Crippen molar-refractivity contribution in [3.8, 4) is 5.75 Å². The first-order valence-electron chi connectivity index (χ1n) is 12.8. The van der Waals surface area contributed by atoms with E-state index in [4.69, 9.17) is 39.5 Å². The zero-order chi connectivity index (χ0) is 33.6. The highest BCUT2D eigenvalue weighted by Crippen LogP contribution is 2.65. The van der Waals surface area contributed by atoms with E-state index in [1.54, 1.807) is 20.8 Å². The minimum atomic E-state index is -5.00. The second kappa shape index (κ2) is 12.3. The van der Waals surface area contributed by atoms with Gasteiger partial charge < -0.3 is 20.7 Å². The summed E-state index contributed by atoms with van der Waals surface area (Å²) in [7, 11) is 0. The van der Waals surface area contributed by atoms with Gasteiger partial charge in [-0.15, -0.1) is 23.2 Å². The molecule has 0 bridgehead atoms. The molecule has 2 unspecified atom stereocenters. The number of alkyl halides is 5. The van der Waals surface area contributed by atoms with Crippen LogP contribution in [0.25, 0.3) is 0 Å². The molecule has 0 heterocycles. The monoisotopic (exact) mass is 695 g/mol. The number of nitrogens with one attached hydrogen (secondary N) is 3. The van der Waals surface area contributed by atoms with E-state index in [9.17, 15) is 36.3 Å². The first kappa shape index (κ1) is 34.2. The molecule has 1 fully saturated rings. The van der Waals surface area contributed by atoms with Crippen molar-refractivity contribution in [2.45, 2.75) is 42.7 Å². The number of ether oxygens (including phenoxy) is 1. The van der Waals surface area contributed by atoms with Crippen molar-refractivity contribution in [1.82, 2.24) is 5.32 Å². The molecule has 3 N–H and O–H groups in total. The molecule has 1 aliphatic rings. The van der Waals surface area contributed by atoms with E-state index < -0.39 is 80.2 Å². The van der Waals surface area contributed by atoms with Gasteiger partial charge >= 0.3 is 12.3 Å². The fraction of sp³-hybridized carbons (Fsp3) is 0.276. The molecule has 0 spiro atoms. The molecule has 0 radical (unpaired) electrons. The Bertz CT molecular complexity index is 1690. The highest BCUT2D eigenvalue weighted by atomic mass is 35.5. The molecule has 3 amide bonds. The van der Waals surface area contributed by atoms with Crippen molar-refractivity contribution in [3.63, 3.8) is 0 Å². The predicted octanol–water partition coefficient (Wildman–Crippen LogP) is 8.44. The van der Waals surface area contributed by atoms with Gasteiger partial charge in [0.15, 0.2) is 11.6 Å². The van der Waals surface area contributed by atoms with Crippen molar-refractivity contribution >= 4 is 64.1 Å². The van der Waals surface area contributed by atoms with Gasteiger partial charge in [-0.05, 0) is 68.8 Å². The van der Waals surface area contributed by atoms with Gasteiger partial charge in [0.25, 0.3) is 5.91 Å². The van der Waals surface area contributed by atoms with Gasteiger partial charge in [-0.25, -0.2) is 18.0 Å². The van der Waals surface area contributed by atoms with Crippen LogP contribution in [0.1, 0.15) is 48.2 Å². The normalized spacial score (nSPS) is 17.3. The maximum absolute atomic E-state index is 15.1. The number of carbonyl (C=O) groups is 3. The summed E-state index contributed by atoms with van der Waals surface area (Å²) in [5, 5.41) is 6.84. The lowest BCUT2D eigenvalue weighted by molar-refractivity contribution is -0.140. The smallest absolute Gasteiger partial charge is 0.404 e. The number of hydrogen-bond acceptors (Lipinski definition) is 4. The Morgan fingerprint density at radius 2 is 1.53 bits per heavy atom. The number of carbonyl (C=O) groups excluding carboxylic acids is 3. The predicted molar refractivity (Wildman–Crippen MR) is 155 cm³/mol. The van der Waals surface area contributed by atoms with Crippen LogP contribution in [0.5, 0.6) is 5.75 Å². The van der Waals surface area contributed by atoms with Crippen LogP contribution in [-0.2, 0) is 11.0 Å². The Labute approximate surface area is 267 Å². The Balaban J connectivity index is 1.51. The van der Waals surface area contributed by atoms with E-state index in [2.05, 4.69) is 16.0 Å². The minimum Gasteiger partial charge on any atom is -0.404 e. The molecule has 2 atom stereocenters. The third-order valence-corrected chi connectivity index (χ3v) is 7.71. The first-order valence-corrected chi connectivity index (χ1v) is 14.0. The highest BCUT2D eigenvalue weighted by molar-refractivity contribution is 6.53. The summed E-state index contributed by atoms with van der Waals surface area (Å²) in [6, 6.07) is 7.40. The lowest BCUT2D eigenvalue weighted by Crippen LogP contribution is -2.42. The van der Waals surface area contributed by atoms with Crippen LogP contribution in [-0.4, -0.2) is 27.8 Å². The van der Waals surface area contributed by atoms with Gasteiger partial charge in [-0.3, -0.25) is 9.59 Å². The minimum absolute atomic E-state index is 0.0260. The van der Waals surface area contributed by atoms with Gasteiger partial charge in [0.1, 0.15) is 10.2 Å². The molecule has 240 valence electrons. The highest BCUT2D eigenvalue weighted by Gasteiger charge is 2.67. The molecule has 0 aliphatic heterocycles. The zero-order valence-corrected chi connectivity index (χ0v) is 25.6. The third kappa shape index (κ3) is 7.59. The van der Waals surface area contributed by atoms with E-state index in [1.165, 1.54) is 12.1 Å². The molecule has 1 saturated carbocycles. The van der Waals surface area contributed by atoms with Crippen molar-refractivity contribution < 1.29 is 45.5 Å². The standard InChI is InChI=1S/C29H22Cl3F6N3O4/c1-27(2,3)41-26(44)45-23-18(34)8-9-19(22(23)35)40-24(42)14-11-13(5-6-16(14)30)39-25(43)21-20(28(21,31)32)12-4-7-17(33)15(10-12)29(36,37)38/h4-11,20-21H,1-3H3,(H,39,43)(H,40,42)(H,41,44). The molecule has 0 aromatic heterocycles. The molecule has 0 saturated heterocycles. The Hall–Kier alpha value is -3.68. The van der Waals surface area contributed by atoms with Crippen molar-refractivity contribution in [3.05, 3.63) is 87.7 Å². The number of hydrogen-bond donors (Lipinski definition) is 3. The average molecular weight is 697 g/mol. The first-order chi connectivity index (χ1) is 20.7. The molecule has 16 heteroatoms. The van der Waals surface area contributed by atoms with E-state index in [-0.39, 0.29) is 21.8 Å². The van der Waals surface area contributed by atoms with Crippen LogP contribution in [0, 0.1) is 23.4 Å². The molecule has 4 rings (SSSR count). The summed E-state index contributed by atoms with van der Waals surface area (Å²) in [5.74, 6) is -9.44. The number of halogens is 9. The largest absolute Gasteiger partial charge is 0.419 e. The number of rotatable bonds is 6. The van der Waals surface area contributed by atoms with E-state index in [0.29, 0.717) is 12.1 Å². The molecule has 3 aromatic carbocycles. The molecule has 3 aromatic rings. The molecular weight excluding hydrogens is 675 g/mol. The fourth-order valence-corrected chi connectivity index (χ4v) is 5.39. The second-order valence-electron chi connectivity index (χ2n) is 11.0. The van der Waals surface area contributed by atoms with E-state index in [1.807, 2.05) is 0 Å². The summed E-state index contributed by atoms with van der Waals surface area (Å²) >= 11 is 18.6. The fourth-order valence-electron chi connectivity index (χ4n) is 4.35. The lowest BCUT2D eigenvalue weighted by atomic mass is 10.0. The Morgan fingerprint density at radius 3 is 2.16 bits per heavy atom. The zero-order valence-electron chi connectivity index (χ0n) is 23.3. The van der Waals surface area contributed by atoms with Crippen LogP contribution in [0.15, 0.2) is 48.5 Å². The Morgan fingerprint density at radius 1 is 0.889 bits per heavy atom. The van der Waals surface area contributed by atoms with Crippen LogP contribution in [0.4, 0.5) is 42.5 Å². The van der Waals surface area contributed by atoms with Gasteiger partial charge in [0.2, 0.25) is 11.7 Å². The van der Waals surface area contributed by atoms with Crippen LogP contribution in [0.2, 0.25) is 5.02 Å². The molecule has 45 heavy (non-hydrogen) atoms. The summed E-state index contributed by atoms with van der Waals surface area (Å²) < 4.78 is 85.6. The average Bonchev–Trinajstić information content (AvgIpc) is 3.49. The van der Waals surface area contributed by atoms with Crippen LogP contribution < -0.4 is 20.7 Å². The number of benzene rings is 3. The number of anilines is 2. The van der Waals surface area contributed by atoms with Gasteiger partial charge in [-0.2, -0.15) is 13.2 Å². The van der Waals surface area contributed by atoms with E-state index in [0.717, 1.165) is 24.3 Å². The maximum Gasteiger partial charge on any atom is 0.419 e. The van der Waals surface area contributed by atoms with E-state index >= 15 is 4.39 Å². The third-order valence-electron chi connectivity index (χ3n) is 6.44. The van der Waals surface area contributed by atoms with Crippen LogP contribution in [0.3, 0.4) is 0 Å². The second-order valence-corrected chi connectivity index (χ2v) is 12.9. The summed E-state index contributed by atoms with van der Waals surface area (Å²) in [6.07, 6.45) is -6.15. The summed E-state index contributed by atoms with van der Waals surface area (Å²) in [4.78, 5) is 38.1. The molecule has 1 aliphatic carbocycles. The SMILES string of the molecule is CC(C)(C)NC(=O)Oc1c(F)ccc(NC(=O)c2cc(NC(=O)C3C(c4ccc(F)c(C(F)(F)F)c4)C3(Cl)Cl)ccc2Cl)c1F. The summed E-state index contributed by atoms with van der Waals surface area (Å²) in [6.45, 7) is 4.84. The Kier molecular flexibility index (Phi) is 9.31. The maximum atomic E-state index is 15.1. The number of amides is 3. The van der Waals surface area contributed by atoms with Gasteiger partial charge in [0, 0.05) is 17.1 Å². The lowest BCUT2D eigenvalue weighted by Gasteiger charge is -2.20. The van der Waals surface area contributed by atoms with Crippen molar-refractivity contribution in [2.75, 3.05) is 10.6 Å². The molecule has 7 nitrogen and oxygen atoms in total. The quantitative estimate of drug-likeness (QED) is 0.178. The topological polar surface area (TPSA) is 96.5 Å². The van der Waals surface area contributed by atoms with Crippen molar-refractivity contribution in [2.24, 2.45) is 5.92 Å². The van der Waals surface area contributed by atoms with Gasteiger partial charge in [0.05, 0.1) is 27.8 Å².